The molecule has 0 aliphatic heterocycles. The molecule has 2 heterocycles. The fraction of sp³-hybridized carbons (Fsp3) is 0.0870. The highest BCUT2D eigenvalue weighted by atomic mass is 35.5. The van der Waals surface area contributed by atoms with Crippen LogP contribution in [-0.4, -0.2) is 15.9 Å². The zero-order valence-corrected chi connectivity index (χ0v) is 17.2. The van der Waals surface area contributed by atoms with Crippen LogP contribution in [0.3, 0.4) is 0 Å². The number of hydrogen-bond donors (Lipinski definition) is 2. The van der Waals surface area contributed by atoms with E-state index in [2.05, 4.69) is 20.6 Å². The molecule has 0 aliphatic carbocycles. The van der Waals surface area contributed by atoms with Crippen LogP contribution in [0.25, 0.3) is 10.8 Å². The molecule has 2 aromatic carbocycles. The minimum Gasteiger partial charge on any atom is -0.340 e. The van der Waals surface area contributed by atoms with Crippen LogP contribution < -0.4 is 10.6 Å². The zero-order chi connectivity index (χ0) is 22.7. The third-order valence-corrected chi connectivity index (χ3v) is 4.85. The number of aromatic nitrogens is 2. The molecule has 0 saturated carbocycles. The first-order valence-corrected chi connectivity index (χ1v) is 9.88. The first-order chi connectivity index (χ1) is 15.3. The van der Waals surface area contributed by atoms with Gasteiger partial charge in [-0.05, 0) is 35.9 Å². The Labute approximate surface area is 186 Å². The quantitative estimate of drug-likeness (QED) is 0.374. The zero-order valence-electron chi connectivity index (χ0n) is 16.4. The number of alkyl halides is 3. The van der Waals surface area contributed by atoms with E-state index in [0.29, 0.717) is 22.0 Å². The number of hydrogen-bond acceptors (Lipinski definition) is 4. The van der Waals surface area contributed by atoms with Gasteiger partial charge in [0.15, 0.2) is 0 Å². The molecule has 0 fully saturated rings. The Hall–Kier alpha value is -3.65. The van der Waals surface area contributed by atoms with Crippen LogP contribution in [0.1, 0.15) is 11.1 Å². The van der Waals surface area contributed by atoms with Crippen LogP contribution >= 0.6 is 11.6 Å². The summed E-state index contributed by atoms with van der Waals surface area (Å²) in [6.45, 7) is 0. The number of rotatable bonds is 5. The number of nitrogens with one attached hydrogen (secondary N) is 2. The van der Waals surface area contributed by atoms with Crippen molar-refractivity contribution in [2.45, 2.75) is 12.6 Å². The van der Waals surface area contributed by atoms with Gasteiger partial charge < -0.3 is 10.6 Å². The van der Waals surface area contributed by atoms with Crippen molar-refractivity contribution in [1.82, 2.24) is 9.97 Å². The Morgan fingerprint density at radius 1 is 1.00 bits per heavy atom. The monoisotopic (exact) mass is 456 g/mol. The van der Waals surface area contributed by atoms with Gasteiger partial charge in [0.05, 0.1) is 23.9 Å². The molecule has 2 N–H and O–H groups in total. The van der Waals surface area contributed by atoms with E-state index in [0.717, 1.165) is 23.0 Å². The van der Waals surface area contributed by atoms with Gasteiger partial charge >= 0.3 is 6.18 Å². The minimum atomic E-state index is -4.46. The fourth-order valence-electron chi connectivity index (χ4n) is 3.20. The summed E-state index contributed by atoms with van der Waals surface area (Å²) in [4.78, 5) is 20.5. The van der Waals surface area contributed by atoms with Gasteiger partial charge in [0, 0.05) is 33.9 Å². The van der Waals surface area contributed by atoms with E-state index in [1.165, 1.54) is 6.07 Å². The third kappa shape index (κ3) is 5.15. The normalized spacial score (nSPS) is 11.4. The Morgan fingerprint density at radius 3 is 2.56 bits per heavy atom. The van der Waals surface area contributed by atoms with Crippen molar-refractivity contribution in [2.24, 2.45) is 0 Å². The highest BCUT2D eigenvalue weighted by Crippen LogP contribution is 2.30. The van der Waals surface area contributed by atoms with Crippen LogP contribution in [0.5, 0.6) is 0 Å². The van der Waals surface area contributed by atoms with E-state index in [-0.39, 0.29) is 18.1 Å². The molecule has 4 aromatic rings. The number of fused-ring (bicyclic) bond motifs is 1. The van der Waals surface area contributed by atoms with E-state index in [9.17, 15) is 18.0 Å². The summed E-state index contributed by atoms with van der Waals surface area (Å²) in [6.07, 6.45) is -0.364. The lowest BCUT2D eigenvalue weighted by atomic mass is 10.1. The second-order valence-electron chi connectivity index (χ2n) is 7.04. The average Bonchev–Trinajstić information content (AvgIpc) is 2.73. The number of amides is 1. The molecule has 0 bridgehead atoms. The highest BCUT2D eigenvalue weighted by Gasteiger charge is 2.30. The van der Waals surface area contributed by atoms with Crippen LogP contribution in [0.2, 0.25) is 5.02 Å². The predicted molar refractivity (Wildman–Crippen MR) is 118 cm³/mol. The summed E-state index contributed by atoms with van der Waals surface area (Å²) in [7, 11) is 0. The summed E-state index contributed by atoms with van der Waals surface area (Å²) in [5.41, 5.74) is 0.883. The Balaban J connectivity index is 1.48. The maximum Gasteiger partial charge on any atom is 0.417 e. The van der Waals surface area contributed by atoms with Gasteiger partial charge in [-0.15, -0.1) is 0 Å². The fourth-order valence-corrected chi connectivity index (χ4v) is 3.46. The lowest BCUT2D eigenvalue weighted by Crippen LogP contribution is -2.15. The summed E-state index contributed by atoms with van der Waals surface area (Å²) in [5, 5.41) is 7.92. The number of benzene rings is 2. The molecule has 0 atom stereocenters. The minimum absolute atomic E-state index is 0.0406. The Morgan fingerprint density at radius 2 is 1.81 bits per heavy atom. The van der Waals surface area contributed by atoms with Gasteiger partial charge in [-0.2, -0.15) is 13.2 Å². The number of carbonyl (C=O) groups excluding carboxylic acids is 1. The lowest BCUT2D eigenvalue weighted by Gasteiger charge is -2.11. The van der Waals surface area contributed by atoms with E-state index >= 15 is 0 Å². The van der Waals surface area contributed by atoms with Gasteiger partial charge in [0.25, 0.3) is 0 Å². The van der Waals surface area contributed by atoms with E-state index in [1.54, 1.807) is 30.6 Å². The van der Waals surface area contributed by atoms with Gasteiger partial charge in [-0.25, -0.2) is 4.98 Å². The van der Waals surface area contributed by atoms with Crippen LogP contribution in [0.15, 0.2) is 73.2 Å². The van der Waals surface area contributed by atoms with Crippen molar-refractivity contribution in [1.29, 1.82) is 0 Å². The van der Waals surface area contributed by atoms with Crippen molar-refractivity contribution >= 4 is 45.5 Å². The molecule has 2 aromatic heterocycles. The van der Waals surface area contributed by atoms with Gasteiger partial charge in [-0.1, -0.05) is 35.9 Å². The lowest BCUT2D eigenvalue weighted by molar-refractivity contribution is -0.137. The molecule has 9 heteroatoms. The van der Waals surface area contributed by atoms with E-state index in [1.807, 2.05) is 24.3 Å². The topological polar surface area (TPSA) is 66.9 Å². The standard InChI is InChI=1S/C23H16ClF3N4O/c24-17-7-14(8-18(10-17)30-21-6-5-16(12-29-21)23(25,26)27)9-22(32)31-20-13-28-11-15-3-1-2-4-19(15)20/h1-8,10-13H,9H2,(H,29,30)(H,31,32). The largest absolute Gasteiger partial charge is 0.417 e. The first kappa shape index (κ1) is 21.6. The number of halogens is 4. The van der Waals surface area contributed by atoms with Crippen molar-refractivity contribution in [2.75, 3.05) is 10.6 Å². The van der Waals surface area contributed by atoms with Crippen LogP contribution in [-0.2, 0) is 17.4 Å². The maximum atomic E-state index is 12.7. The van der Waals surface area contributed by atoms with Gasteiger partial charge in [-0.3, -0.25) is 9.78 Å². The summed E-state index contributed by atoms with van der Waals surface area (Å²) < 4.78 is 38.1. The van der Waals surface area contributed by atoms with E-state index in [4.69, 9.17) is 11.6 Å². The molecule has 0 radical (unpaired) electrons. The summed E-state index contributed by atoms with van der Waals surface area (Å²) in [5.74, 6) is -0.0403. The third-order valence-electron chi connectivity index (χ3n) is 4.63. The molecule has 32 heavy (non-hydrogen) atoms. The van der Waals surface area contributed by atoms with Crippen molar-refractivity contribution in [3.8, 4) is 0 Å². The molecule has 0 unspecified atom stereocenters. The Kier molecular flexibility index (Phi) is 5.96. The van der Waals surface area contributed by atoms with Crippen molar-refractivity contribution < 1.29 is 18.0 Å². The SMILES string of the molecule is O=C(Cc1cc(Cl)cc(Nc2ccc(C(F)(F)F)cn2)c1)Nc1cncc2ccccc12. The Bertz CT molecular complexity index is 1270. The number of anilines is 3. The number of nitrogens with zero attached hydrogens (tertiary/aromatic N) is 2. The van der Waals surface area contributed by atoms with Gasteiger partial charge in [0.2, 0.25) is 5.91 Å². The molecular weight excluding hydrogens is 441 g/mol. The number of carbonyl (C=O) groups is 1. The molecule has 4 rings (SSSR count). The molecule has 5 nitrogen and oxygen atoms in total. The molecular formula is C23H16ClF3N4O. The van der Waals surface area contributed by atoms with Crippen molar-refractivity contribution in [3.63, 3.8) is 0 Å². The predicted octanol–water partition coefficient (Wildman–Crippen LogP) is 6.23. The second-order valence-corrected chi connectivity index (χ2v) is 7.47. The smallest absolute Gasteiger partial charge is 0.340 e. The highest BCUT2D eigenvalue weighted by molar-refractivity contribution is 6.31. The molecule has 162 valence electrons. The first-order valence-electron chi connectivity index (χ1n) is 9.50. The molecule has 0 aliphatic rings. The maximum absolute atomic E-state index is 12.7. The van der Waals surface area contributed by atoms with Crippen molar-refractivity contribution in [3.05, 3.63) is 89.3 Å². The van der Waals surface area contributed by atoms with E-state index < -0.39 is 11.7 Å². The summed E-state index contributed by atoms with van der Waals surface area (Å²) >= 11 is 6.17. The molecule has 1 amide bonds. The second kappa shape index (κ2) is 8.84. The average molecular weight is 457 g/mol. The van der Waals surface area contributed by atoms with Crippen LogP contribution in [0.4, 0.5) is 30.4 Å². The molecule has 0 saturated heterocycles. The number of pyridine rings is 2. The van der Waals surface area contributed by atoms with Crippen LogP contribution in [0, 0.1) is 0 Å². The molecule has 0 spiro atoms. The van der Waals surface area contributed by atoms with Gasteiger partial charge in [0.1, 0.15) is 5.82 Å². The summed E-state index contributed by atoms with van der Waals surface area (Å²) in [6, 6.07) is 14.7.